The van der Waals surface area contributed by atoms with Crippen molar-refractivity contribution in [3.8, 4) is 0 Å². The summed E-state index contributed by atoms with van der Waals surface area (Å²) in [6.45, 7) is 6.42. The topological polar surface area (TPSA) is 63.4 Å². The molecule has 0 amide bonds. The Morgan fingerprint density at radius 3 is 2.62 bits per heavy atom. The van der Waals surface area contributed by atoms with Gasteiger partial charge in [0.25, 0.3) is 0 Å². The minimum Gasteiger partial charge on any atom is -0.327 e. The Labute approximate surface area is 99.1 Å². The van der Waals surface area contributed by atoms with Crippen molar-refractivity contribution in [2.45, 2.75) is 32.7 Å². The standard InChI is InChI=1S/C11H24N2O2S/c1-3-10-9-13(6-5-11(10)12)7-8-16(14,15)4-2/h10-11H,3-9,12H2,1-2H3. The van der Waals surface area contributed by atoms with E-state index < -0.39 is 9.84 Å². The molecule has 0 aromatic heterocycles. The van der Waals surface area contributed by atoms with Crippen molar-refractivity contribution in [1.29, 1.82) is 0 Å². The molecule has 5 heteroatoms. The van der Waals surface area contributed by atoms with E-state index in [-0.39, 0.29) is 11.5 Å². The van der Waals surface area contributed by atoms with Crippen molar-refractivity contribution in [1.82, 2.24) is 4.90 Å². The second-order valence-corrected chi connectivity index (χ2v) is 7.13. The molecule has 1 heterocycles. The highest BCUT2D eigenvalue weighted by Crippen LogP contribution is 2.18. The molecular formula is C11H24N2O2S. The Hall–Kier alpha value is -0.130. The van der Waals surface area contributed by atoms with E-state index in [1.165, 1.54) is 0 Å². The van der Waals surface area contributed by atoms with Crippen LogP contribution in [-0.2, 0) is 9.84 Å². The van der Waals surface area contributed by atoms with Crippen molar-refractivity contribution >= 4 is 9.84 Å². The fraction of sp³-hybridized carbons (Fsp3) is 1.00. The van der Waals surface area contributed by atoms with Gasteiger partial charge >= 0.3 is 0 Å². The molecule has 1 rings (SSSR count). The minimum absolute atomic E-state index is 0.248. The lowest BCUT2D eigenvalue weighted by atomic mass is 9.91. The largest absolute Gasteiger partial charge is 0.327 e. The number of hydrogen-bond acceptors (Lipinski definition) is 4. The van der Waals surface area contributed by atoms with Gasteiger partial charge in [0.1, 0.15) is 0 Å². The average molecular weight is 248 g/mol. The SMILES string of the molecule is CCC1CN(CCS(=O)(=O)CC)CCC1N. The highest BCUT2D eigenvalue weighted by Gasteiger charge is 2.25. The first-order valence-corrected chi connectivity index (χ1v) is 7.99. The smallest absolute Gasteiger partial charge is 0.151 e. The number of sulfone groups is 1. The van der Waals surface area contributed by atoms with Gasteiger partial charge in [-0.1, -0.05) is 20.3 Å². The summed E-state index contributed by atoms with van der Waals surface area (Å²) in [5, 5.41) is 0. The van der Waals surface area contributed by atoms with Crippen LogP contribution >= 0.6 is 0 Å². The van der Waals surface area contributed by atoms with Crippen LogP contribution in [0.15, 0.2) is 0 Å². The lowest BCUT2D eigenvalue weighted by Crippen LogP contribution is -2.48. The normalized spacial score (nSPS) is 28.2. The van der Waals surface area contributed by atoms with Crippen LogP contribution in [0.2, 0.25) is 0 Å². The summed E-state index contributed by atoms with van der Waals surface area (Å²) in [7, 11) is -2.83. The third-order valence-electron chi connectivity index (χ3n) is 3.56. The molecule has 2 atom stereocenters. The highest BCUT2D eigenvalue weighted by atomic mass is 32.2. The molecule has 2 N–H and O–H groups in total. The maximum atomic E-state index is 11.4. The zero-order chi connectivity index (χ0) is 12.2. The fourth-order valence-corrected chi connectivity index (χ4v) is 3.00. The molecule has 4 nitrogen and oxygen atoms in total. The van der Waals surface area contributed by atoms with Crippen molar-refractivity contribution in [2.24, 2.45) is 11.7 Å². The number of hydrogen-bond donors (Lipinski definition) is 1. The predicted octanol–water partition coefficient (Wildman–Crippen LogP) is 0.480. The van der Waals surface area contributed by atoms with Gasteiger partial charge in [0.2, 0.25) is 0 Å². The molecule has 0 aliphatic carbocycles. The fourth-order valence-electron chi connectivity index (χ4n) is 2.17. The Morgan fingerprint density at radius 1 is 1.38 bits per heavy atom. The molecular weight excluding hydrogens is 224 g/mol. The molecule has 0 bridgehead atoms. The average Bonchev–Trinajstić information content (AvgIpc) is 2.28. The van der Waals surface area contributed by atoms with Gasteiger partial charge in [0, 0.05) is 24.9 Å². The van der Waals surface area contributed by atoms with Crippen LogP contribution in [0, 0.1) is 5.92 Å². The van der Waals surface area contributed by atoms with Crippen LogP contribution < -0.4 is 5.73 Å². The molecule has 16 heavy (non-hydrogen) atoms. The lowest BCUT2D eigenvalue weighted by Gasteiger charge is -2.36. The van der Waals surface area contributed by atoms with E-state index in [4.69, 9.17) is 5.73 Å². The van der Waals surface area contributed by atoms with E-state index in [9.17, 15) is 8.42 Å². The van der Waals surface area contributed by atoms with Crippen LogP contribution in [-0.4, -0.2) is 50.5 Å². The summed E-state index contributed by atoms with van der Waals surface area (Å²) in [4.78, 5) is 2.24. The first-order valence-electron chi connectivity index (χ1n) is 6.16. The highest BCUT2D eigenvalue weighted by molar-refractivity contribution is 7.91. The van der Waals surface area contributed by atoms with E-state index in [1.807, 2.05) is 0 Å². The van der Waals surface area contributed by atoms with Gasteiger partial charge in [-0.2, -0.15) is 0 Å². The second kappa shape index (κ2) is 5.98. The van der Waals surface area contributed by atoms with Crippen molar-refractivity contribution < 1.29 is 8.42 Å². The molecule has 1 aliphatic heterocycles. The molecule has 0 radical (unpaired) electrons. The van der Waals surface area contributed by atoms with Crippen LogP contribution in [0.1, 0.15) is 26.7 Å². The van der Waals surface area contributed by atoms with Crippen LogP contribution in [0.4, 0.5) is 0 Å². The van der Waals surface area contributed by atoms with Gasteiger partial charge in [0.15, 0.2) is 9.84 Å². The van der Waals surface area contributed by atoms with Gasteiger partial charge in [0.05, 0.1) is 5.75 Å². The molecule has 1 aliphatic rings. The first kappa shape index (κ1) is 13.9. The summed E-state index contributed by atoms with van der Waals surface area (Å²) in [5.41, 5.74) is 6.01. The Bertz CT molecular complexity index is 303. The van der Waals surface area contributed by atoms with Crippen LogP contribution in [0.25, 0.3) is 0 Å². The third-order valence-corrected chi connectivity index (χ3v) is 5.24. The van der Waals surface area contributed by atoms with E-state index in [1.54, 1.807) is 6.92 Å². The number of likely N-dealkylation sites (tertiary alicyclic amines) is 1. The van der Waals surface area contributed by atoms with Crippen molar-refractivity contribution in [3.63, 3.8) is 0 Å². The van der Waals surface area contributed by atoms with Crippen molar-refractivity contribution in [2.75, 3.05) is 31.1 Å². The molecule has 1 saturated heterocycles. The summed E-state index contributed by atoms with van der Waals surface area (Å²) < 4.78 is 22.8. The van der Waals surface area contributed by atoms with Crippen molar-refractivity contribution in [3.05, 3.63) is 0 Å². The Balaban J connectivity index is 2.39. The van der Waals surface area contributed by atoms with E-state index >= 15 is 0 Å². The number of piperidine rings is 1. The predicted molar refractivity (Wildman–Crippen MR) is 67.1 cm³/mol. The molecule has 0 aromatic carbocycles. The Morgan fingerprint density at radius 2 is 2.06 bits per heavy atom. The molecule has 0 saturated carbocycles. The van der Waals surface area contributed by atoms with E-state index in [0.29, 0.717) is 18.5 Å². The van der Waals surface area contributed by atoms with Gasteiger partial charge in [-0.05, 0) is 18.9 Å². The minimum atomic E-state index is -2.83. The number of nitrogens with two attached hydrogens (primary N) is 1. The first-order chi connectivity index (χ1) is 7.48. The Kier molecular flexibility index (Phi) is 5.21. The van der Waals surface area contributed by atoms with E-state index in [0.717, 1.165) is 25.9 Å². The van der Waals surface area contributed by atoms with Gasteiger partial charge in [-0.25, -0.2) is 8.42 Å². The zero-order valence-corrected chi connectivity index (χ0v) is 11.2. The maximum Gasteiger partial charge on any atom is 0.151 e. The zero-order valence-electron chi connectivity index (χ0n) is 10.4. The molecule has 0 aromatic rings. The molecule has 0 spiro atoms. The third kappa shape index (κ3) is 4.03. The number of rotatable bonds is 5. The summed E-state index contributed by atoms with van der Waals surface area (Å²) in [5.74, 6) is 1.06. The molecule has 2 unspecified atom stereocenters. The quantitative estimate of drug-likeness (QED) is 0.768. The van der Waals surface area contributed by atoms with Gasteiger partial charge < -0.3 is 10.6 Å². The van der Waals surface area contributed by atoms with Gasteiger partial charge in [-0.3, -0.25) is 0 Å². The number of nitrogens with zero attached hydrogens (tertiary/aromatic N) is 1. The van der Waals surface area contributed by atoms with Gasteiger partial charge in [-0.15, -0.1) is 0 Å². The van der Waals surface area contributed by atoms with Crippen LogP contribution in [0.3, 0.4) is 0 Å². The summed E-state index contributed by atoms with van der Waals surface area (Å²) in [6, 6.07) is 0.295. The molecule has 1 fully saturated rings. The summed E-state index contributed by atoms with van der Waals surface area (Å²) in [6.07, 6.45) is 2.07. The monoisotopic (exact) mass is 248 g/mol. The molecule has 96 valence electrons. The summed E-state index contributed by atoms with van der Waals surface area (Å²) >= 11 is 0. The van der Waals surface area contributed by atoms with Crippen LogP contribution in [0.5, 0.6) is 0 Å². The van der Waals surface area contributed by atoms with E-state index in [2.05, 4.69) is 11.8 Å². The second-order valence-electron chi connectivity index (χ2n) is 4.66. The maximum absolute atomic E-state index is 11.4. The lowest BCUT2D eigenvalue weighted by molar-refractivity contribution is 0.159.